The van der Waals surface area contributed by atoms with Crippen LogP contribution in [0.4, 0.5) is 0 Å². The van der Waals surface area contributed by atoms with E-state index in [1.54, 1.807) is 12.1 Å². The molecule has 1 aliphatic heterocycles. The van der Waals surface area contributed by atoms with Crippen molar-refractivity contribution in [2.45, 2.75) is 63.8 Å². The largest absolute Gasteiger partial charge is 0.349 e. The molecule has 3 rings (SSSR count). The third kappa shape index (κ3) is 5.68. The topological polar surface area (TPSA) is 90.3 Å². The quantitative estimate of drug-likeness (QED) is 0.643. The van der Waals surface area contributed by atoms with Gasteiger partial charge in [-0.1, -0.05) is 71.0 Å². The number of rotatable bonds is 6. The molecule has 0 aliphatic carbocycles. The van der Waals surface area contributed by atoms with Gasteiger partial charge in [0.1, 0.15) is 6.07 Å². The summed E-state index contributed by atoms with van der Waals surface area (Å²) >= 11 is 0. The number of amides is 1. The Morgan fingerprint density at radius 1 is 1.06 bits per heavy atom. The van der Waals surface area contributed by atoms with Crippen molar-refractivity contribution in [2.24, 2.45) is 11.8 Å². The molecule has 1 amide bonds. The zero-order chi connectivity index (χ0) is 25.1. The van der Waals surface area contributed by atoms with E-state index in [0.717, 1.165) is 5.56 Å². The minimum absolute atomic E-state index is 0.0268. The third-order valence-corrected chi connectivity index (χ3v) is 8.51. The molecule has 0 spiro atoms. The molecule has 1 aliphatic rings. The van der Waals surface area contributed by atoms with Gasteiger partial charge in [-0.25, -0.2) is 8.42 Å². The summed E-state index contributed by atoms with van der Waals surface area (Å²) in [6, 6.07) is 16.5. The Morgan fingerprint density at radius 3 is 2.18 bits per heavy atom. The highest BCUT2D eigenvalue weighted by Crippen LogP contribution is 2.29. The number of sulfonamides is 1. The smallest absolute Gasteiger partial charge is 0.244 e. The van der Waals surface area contributed by atoms with E-state index in [1.807, 2.05) is 6.07 Å². The fraction of sp³-hybridized carbons (Fsp3) is 0.481. The summed E-state index contributed by atoms with van der Waals surface area (Å²) in [5, 5.41) is 12.5. The minimum Gasteiger partial charge on any atom is -0.349 e. The lowest BCUT2D eigenvalue weighted by Crippen LogP contribution is -2.44. The molecule has 2 aromatic carbocycles. The molecule has 1 heterocycles. The predicted octanol–water partition coefficient (Wildman–Crippen LogP) is 4.77. The molecule has 0 saturated carbocycles. The first-order valence-corrected chi connectivity index (χ1v) is 13.3. The van der Waals surface area contributed by atoms with Gasteiger partial charge >= 0.3 is 0 Å². The van der Waals surface area contributed by atoms with Gasteiger partial charge in [-0.05, 0) is 47.4 Å². The zero-order valence-corrected chi connectivity index (χ0v) is 21.5. The standard InChI is InChI=1S/C27H35N3O3S/c1-19(2)25(20-10-12-23(13-11-20)27(3,4)5)29-26(31)21-14-16-30(17-15-21)34(32,33)24-9-7-6-8-22(24)18-28/h6-13,19,21,25H,14-17H2,1-5H3,(H,29,31). The first kappa shape index (κ1) is 25.9. The van der Waals surface area contributed by atoms with Crippen LogP contribution >= 0.6 is 0 Å². The van der Waals surface area contributed by atoms with Crippen LogP contribution in [-0.2, 0) is 20.2 Å². The molecule has 7 heteroatoms. The van der Waals surface area contributed by atoms with Crippen LogP contribution in [-0.4, -0.2) is 31.7 Å². The van der Waals surface area contributed by atoms with Crippen molar-refractivity contribution in [2.75, 3.05) is 13.1 Å². The van der Waals surface area contributed by atoms with Gasteiger partial charge < -0.3 is 5.32 Å². The maximum Gasteiger partial charge on any atom is 0.244 e. The zero-order valence-electron chi connectivity index (χ0n) is 20.7. The molecule has 0 aromatic heterocycles. The second-order valence-corrected chi connectivity index (χ2v) is 12.3. The third-order valence-electron chi connectivity index (χ3n) is 6.55. The Labute approximate surface area is 204 Å². The molecule has 1 fully saturated rings. The summed E-state index contributed by atoms with van der Waals surface area (Å²) in [4.78, 5) is 13.1. The Hall–Kier alpha value is -2.69. The Morgan fingerprint density at radius 2 is 1.65 bits per heavy atom. The van der Waals surface area contributed by atoms with Crippen molar-refractivity contribution in [3.8, 4) is 6.07 Å². The Bertz CT molecular complexity index is 1150. The highest BCUT2D eigenvalue weighted by atomic mass is 32.2. The van der Waals surface area contributed by atoms with Gasteiger partial charge in [-0.3, -0.25) is 4.79 Å². The van der Waals surface area contributed by atoms with Crippen LogP contribution in [0.15, 0.2) is 53.4 Å². The van der Waals surface area contributed by atoms with Crippen LogP contribution in [0, 0.1) is 23.2 Å². The average Bonchev–Trinajstić information content (AvgIpc) is 2.81. The molecule has 1 atom stereocenters. The van der Waals surface area contributed by atoms with Crippen molar-refractivity contribution in [3.63, 3.8) is 0 Å². The van der Waals surface area contributed by atoms with E-state index in [2.05, 4.69) is 64.2 Å². The van der Waals surface area contributed by atoms with Gasteiger partial charge in [0.05, 0.1) is 16.5 Å². The number of nitriles is 1. The summed E-state index contributed by atoms with van der Waals surface area (Å²) in [5.41, 5.74) is 2.53. The highest BCUT2D eigenvalue weighted by Gasteiger charge is 2.34. The van der Waals surface area contributed by atoms with E-state index < -0.39 is 10.0 Å². The molecular weight excluding hydrogens is 446 g/mol. The van der Waals surface area contributed by atoms with Crippen LogP contribution in [0.5, 0.6) is 0 Å². The first-order chi connectivity index (χ1) is 15.9. The lowest BCUT2D eigenvalue weighted by molar-refractivity contribution is -0.127. The summed E-state index contributed by atoms with van der Waals surface area (Å²) in [5.74, 6) is -0.0618. The van der Waals surface area contributed by atoms with Crippen molar-refractivity contribution in [1.29, 1.82) is 5.26 Å². The van der Waals surface area contributed by atoms with Crippen LogP contribution in [0.1, 0.15) is 70.2 Å². The van der Waals surface area contributed by atoms with Crippen LogP contribution in [0.25, 0.3) is 0 Å². The molecule has 182 valence electrons. The van der Waals surface area contributed by atoms with Crippen molar-refractivity contribution in [1.82, 2.24) is 9.62 Å². The molecule has 0 bridgehead atoms. The lowest BCUT2D eigenvalue weighted by Gasteiger charge is -2.32. The van der Waals surface area contributed by atoms with Crippen molar-refractivity contribution < 1.29 is 13.2 Å². The monoisotopic (exact) mass is 481 g/mol. The number of nitrogens with zero attached hydrogens (tertiary/aromatic N) is 2. The summed E-state index contributed by atoms with van der Waals surface area (Å²) < 4.78 is 27.5. The molecule has 34 heavy (non-hydrogen) atoms. The Balaban J connectivity index is 1.67. The minimum atomic E-state index is -3.77. The maximum atomic E-state index is 13.1. The summed E-state index contributed by atoms with van der Waals surface area (Å²) in [6.07, 6.45) is 0.904. The number of hydrogen-bond donors (Lipinski definition) is 1. The lowest BCUT2D eigenvalue weighted by atomic mass is 9.85. The molecule has 1 saturated heterocycles. The van der Waals surface area contributed by atoms with Gasteiger partial charge in [-0.2, -0.15) is 9.57 Å². The average molecular weight is 482 g/mol. The van der Waals surface area contributed by atoms with E-state index >= 15 is 0 Å². The van der Waals surface area contributed by atoms with E-state index in [9.17, 15) is 18.5 Å². The first-order valence-electron chi connectivity index (χ1n) is 11.8. The van der Waals surface area contributed by atoms with Gasteiger partial charge in [0.15, 0.2) is 0 Å². The van der Waals surface area contributed by atoms with Gasteiger partial charge in [0, 0.05) is 19.0 Å². The van der Waals surface area contributed by atoms with Gasteiger partial charge in [0.2, 0.25) is 15.9 Å². The van der Waals surface area contributed by atoms with E-state index in [-0.39, 0.29) is 52.7 Å². The molecule has 2 aromatic rings. The number of carbonyl (C=O) groups excluding carboxylic acids is 1. The molecule has 1 unspecified atom stereocenters. The highest BCUT2D eigenvalue weighted by molar-refractivity contribution is 7.89. The fourth-order valence-electron chi connectivity index (χ4n) is 4.38. The second kappa shape index (κ2) is 10.3. The fourth-order valence-corrected chi connectivity index (χ4v) is 5.99. The number of carbonyl (C=O) groups is 1. The van der Waals surface area contributed by atoms with Gasteiger partial charge in [0.25, 0.3) is 0 Å². The number of piperidine rings is 1. The van der Waals surface area contributed by atoms with E-state index in [4.69, 9.17) is 0 Å². The number of nitrogens with one attached hydrogen (secondary N) is 1. The van der Waals surface area contributed by atoms with Crippen molar-refractivity contribution >= 4 is 15.9 Å². The summed E-state index contributed by atoms with van der Waals surface area (Å²) in [7, 11) is -3.77. The molecule has 6 nitrogen and oxygen atoms in total. The summed E-state index contributed by atoms with van der Waals surface area (Å²) in [6.45, 7) is 11.2. The van der Waals surface area contributed by atoms with E-state index in [0.29, 0.717) is 12.8 Å². The molecular formula is C27H35N3O3S. The number of benzene rings is 2. The van der Waals surface area contributed by atoms with Gasteiger partial charge in [-0.15, -0.1) is 0 Å². The van der Waals surface area contributed by atoms with Crippen LogP contribution in [0.2, 0.25) is 0 Å². The number of hydrogen-bond acceptors (Lipinski definition) is 4. The predicted molar refractivity (Wildman–Crippen MR) is 134 cm³/mol. The Kier molecular flexibility index (Phi) is 7.84. The molecule has 0 radical (unpaired) electrons. The van der Waals surface area contributed by atoms with Crippen molar-refractivity contribution in [3.05, 3.63) is 65.2 Å². The second-order valence-electron chi connectivity index (χ2n) is 10.4. The molecule has 1 N–H and O–H groups in total. The van der Waals surface area contributed by atoms with Crippen LogP contribution in [0.3, 0.4) is 0 Å². The SMILES string of the molecule is CC(C)C(NC(=O)C1CCN(S(=O)(=O)c2ccccc2C#N)CC1)c1ccc(C(C)(C)C)cc1. The normalized spacial score (nSPS) is 16.7. The maximum absolute atomic E-state index is 13.1. The van der Waals surface area contributed by atoms with Crippen LogP contribution < -0.4 is 5.32 Å². The van der Waals surface area contributed by atoms with E-state index in [1.165, 1.54) is 22.0 Å².